The molecular weight excluding hydrogens is 1160 g/mol. The molecule has 0 aromatic carbocycles. The lowest BCUT2D eigenvalue weighted by molar-refractivity contribution is -0.658. The van der Waals surface area contributed by atoms with Crippen molar-refractivity contribution in [2.75, 3.05) is 19.2 Å². The number of anilines is 4. The quantitative estimate of drug-likeness (QED) is 0.123. The molecule has 0 bridgehead atoms. The van der Waals surface area contributed by atoms with Gasteiger partial charge in [-0.3, -0.25) is 19.2 Å². The molecule has 0 atom stereocenters. The van der Waals surface area contributed by atoms with Gasteiger partial charge in [0.2, 0.25) is 22.9 Å². The minimum atomic E-state index is 0.118. The predicted octanol–water partition coefficient (Wildman–Crippen LogP) is 11.3. The smallest absolute Gasteiger partial charge is 0.447 e. The first kappa shape index (κ1) is 62.6. The molecule has 94 heavy (non-hydrogen) atoms. The molecule has 0 N–H and O–H groups in total. The Morgan fingerprint density at radius 2 is 0.723 bits per heavy atom. The highest BCUT2D eigenvalue weighted by Crippen LogP contribution is 2.34. The van der Waals surface area contributed by atoms with Gasteiger partial charge in [-0.25, -0.2) is 38.2 Å². The van der Waals surface area contributed by atoms with E-state index in [0.29, 0.717) is 22.9 Å². The maximum Gasteiger partial charge on any atom is 0.447 e. The molecule has 12 aromatic heterocycles. The minimum Gasteiger partial charge on any atom is -0.447 e. The minimum absolute atomic E-state index is 0.118. The van der Waals surface area contributed by atoms with Crippen molar-refractivity contribution < 1.29 is 35.9 Å². The van der Waals surface area contributed by atoms with Crippen LogP contribution in [0.15, 0.2) is 175 Å². The summed E-state index contributed by atoms with van der Waals surface area (Å²) in [4.78, 5) is 26.9. The topological polar surface area (TPSA) is 133 Å². The Morgan fingerprint density at radius 3 is 1.16 bits per heavy atom. The summed E-state index contributed by atoms with van der Waals surface area (Å²) in [6.07, 6.45) is 24.3. The first-order valence-corrected chi connectivity index (χ1v) is 32.3. The molecule has 468 valence electrons. The number of aromatic nitrogens is 8. The van der Waals surface area contributed by atoms with Gasteiger partial charge in [-0.05, 0) is 197 Å². The zero-order valence-electron chi connectivity index (χ0n) is 57.3. The number of aryl methyl sites for hydroxylation is 10. The number of pyridine rings is 8. The number of allylic oxidation sites excluding steroid dienone is 4. The molecule has 0 spiro atoms. The number of rotatable bonds is 4. The zero-order chi connectivity index (χ0) is 66.3. The van der Waals surface area contributed by atoms with Gasteiger partial charge < -0.3 is 17.7 Å². The van der Waals surface area contributed by atoms with Gasteiger partial charge in [0.1, 0.15) is 22.9 Å². The molecule has 16 nitrogen and oxygen atoms in total. The second-order valence-electron chi connectivity index (χ2n) is 25.8. The van der Waals surface area contributed by atoms with E-state index in [1.54, 1.807) is 24.8 Å². The van der Waals surface area contributed by atoms with Crippen LogP contribution >= 0.6 is 0 Å². The Kier molecular flexibility index (Phi) is 16.4. The third-order valence-corrected chi connectivity index (χ3v) is 19.2. The van der Waals surface area contributed by atoms with E-state index in [9.17, 15) is 0 Å². The Labute approximate surface area is 551 Å². The van der Waals surface area contributed by atoms with E-state index in [4.69, 9.17) is 17.7 Å². The molecule has 0 saturated carbocycles. The molecule has 0 fully saturated rings. The van der Waals surface area contributed by atoms with E-state index in [-0.39, 0.29) is 27.4 Å². The SMILES string of the molecule is CB1c2c(oc3ncccc23)C=C(C)N1c1cc(C)c(C)c[n+]1C.CB1c2c(oc3ncccc23)C=C(C)N1c1cc(C)cc[n+]1C.CB1c2c(oc3ncccc23)C=C(C)N1c1ccc(C)c[n+]1C.CB1c2oc3ncccc3c2C=C(C)N1c1cc(C)c(C)c[n+]1C. The summed E-state index contributed by atoms with van der Waals surface area (Å²) in [6, 6.07) is 29.4. The van der Waals surface area contributed by atoms with Gasteiger partial charge in [-0.1, -0.05) is 0 Å². The monoisotopic (exact) mass is 1240 g/mol. The molecule has 16 rings (SSSR count). The van der Waals surface area contributed by atoms with Gasteiger partial charge in [0.05, 0.1) is 75.8 Å². The van der Waals surface area contributed by atoms with E-state index >= 15 is 0 Å². The van der Waals surface area contributed by atoms with Gasteiger partial charge in [0.25, 0.3) is 23.3 Å². The fraction of sp³-hybridized carbons (Fsp3) is 0.243. The van der Waals surface area contributed by atoms with Crippen molar-refractivity contribution in [2.24, 2.45) is 28.2 Å². The van der Waals surface area contributed by atoms with E-state index in [1.165, 1.54) is 95.8 Å². The van der Waals surface area contributed by atoms with Crippen LogP contribution in [0.3, 0.4) is 0 Å². The van der Waals surface area contributed by atoms with Crippen LogP contribution < -0.4 is 59.6 Å². The molecule has 4 aliphatic rings. The lowest BCUT2D eigenvalue weighted by atomic mass is 9.54. The second kappa shape index (κ2) is 24.7. The van der Waals surface area contributed by atoms with Crippen LogP contribution in [-0.2, 0) is 28.2 Å². The summed E-state index contributed by atoms with van der Waals surface area (Å²) in [5, 5.41) is 4.38. The Balaban J connectivity index is 0.000000114. The summed E-state index contributed by atoms with van der Waals surface area (Å²) >= 11 is 0. The number of nitrogens with zero attached hydrogens (tertiary/aromatic N) is 12. The van der Waals surface area contributed by atoms with Crippen molar-refractivity contribution in [3.8, 4) is 0 Å². The van der Waals surface area contributed by atoms with Crippen molar-refractivity contribution in [3.63, 3.8) is 0 Å². The Morgan fingerprint density at radius 1 is 0.351 bits per heavy atom. The first-order chi connectivity index (χ1) is 45.1. The van der Waals surface area contributed by atoms with Gasteiger partial charge in [-0.2, -0.15) is 0 Å². The number of furan rings is 4. The van der Waals surface area contributed by atoms with Crippen LogP contribution in [0.25, 0.3) is 68.7 Å². The molecule has 0 radical (unpaired) electrons. The average Bonchev–Trinajstić information content (AvgIpc) is 1.56. The number of hydrogen-bond acceptors (Lipinski definition) is 12. The second-order valence-corrected chi connectivity index (χ2v) is 25.8. The first-order valence-electron chi connectivity index (χ1n) is 32.3. The molecule has 20 heteroatoms. The van der Waals surface area contributed by atoms with E-state index in [2.05, 4.69) is 292 Å². The molecule has 0 unspecified atom stereocenters. The maximum absolute atomic E-state index is 6.09. The average molecular weight is 1240 g/mol. The lowest BCUT2D eigenvalue weighted by Crippen LogP contribution is -2.52. The zero-order valence-corrected chi connectivity index (χ0v) is 57.3. The van der Waals surface area contributed by atoms with Crippen molar-refractivity contribution in [1.29, 1.82) is 0 Å². The third kappa shape index (κ3) is 11.0. The molecule has 4 aliphatic heterocycles. The van der Waals surface area contributed by atoms with E-state index < -0.39 is 0 Å². The standard InChI is InChI=1S/2C19H21BN3O.2C18H19BN3O/c1-12-9-17(22(5)11-13(12)2)23-14(3)10-16-18(20(23)4)15-7-6-8-21-19(15)24-16;1-12-9-17(22(5)11-13(12)2)23-14(3)10-16-15-7-6-8-21-19(15)24-18(16)20(23)4;1-12-7-8-16(21(4)11-12)22-13(2)10-15-17(19(22)3)14-6-5-9-20-18(14)23-15;1-12-7-9-21(4)16(10-12)22-13(2)11-15-17(19(22)3)14-6-5-8-20-18(14)23-15/h2*6-11H,1-5H3;2*5-11H,1-4H3/q4*+1. The highest BCUT2D eigenvalue weighted by molar-refractivity contribution is 6.81. The number of hydrogen-bond donors (Lipinski definition) is 0. The Hall–Kier alpha value is -10.2. The van der Waals surface area contributed by atoms with Crippen molar-refractivity contribution >= 4 is 141 Å². The summed E-state index contributed by atoms with van der Waals surface area (Å²) in [6.45, 7) is 30.9. The van der Waals surface area contributed by atoms with Crippen molar-refractivity contribution in [3.05, 3.63) is 214 Å². The van der Waals surface area contributed by atoms with Crippen LogP contribution in [-0.4, -0.2) is 47.3 Å². The lowest BCUT2D eigenvalue weighted by Gasteiger charge is -2.27. The van der Waals surface area contributed by atoms with Gasteiger partial charge >= 0.3 is 27.4 Å². The fourth-order valence-electron chi connectivity index (χ4n) is 14.4. The van der Waals surface area contributed by atoms with E-state index in [1.807, 2.05) is 24.3 Å². The summed E-state index contributed by atoms with van der Waals surface area (Å²) in [5.41, 5.74) is 21.0. The summed E-state index contributed by atoms with van der Waals surface area (Å²) in [7, 11) is 8.37. The number of fused-ring (bicyclic) bond motifs is 12. The largest absolute Gasteiger partial charge is 0.447 e. The van der Waals surface area contributed by atoms with Gasteiger partial charge in [0, 0.05) is 111 Å². The molecular formula is C74H80B4N12O4+4. The van der Waals surface area contributed by atoms with Crippen LogP contribution in [0.1, 0.15) is 83.9 Å². The normalized spacial score (nSPS) is 14.1. The van der Waals surface area contributed by atoms with Crippen LogP contribution in [0.5, 0.6) is 0 Å². The van der Waals surface area contributed by atoms with E-state index in [0.717, 1.165) is 50.0 Å². The van der Waals surface area contributed by atoms with Crippen molar-refractivity contribution in [2.45, 2.75) is 96.5 Å². The molecule has 0 aliphatic carbocycles. The van der Waals surface area contributed by atoms with Gasteiger partial charge in [-0.15, -0.1) is 0 Å². The molecule has 0 saturated heterocycles. The highest BCUT2D eigenvalue weighted by Gasteiger charge is 2.45. The third-order valence-electron chi connectivity index (χ3n) is 19.2. The molecule has 16 heterocycles. The molecule has 0 amide bonds. The highest BCUT2D eigenvalue weighted by atomic mass is 16.4. The van der Waals surface area contributed by atoms with Crippen LogP contribution in [0, 0.1) is 41.5 Å². The predicted molar refractivity (Wildman–Crippen MR) is 384 cm³/mol. The molecule has 12 aromatic rings. The van der Waals surface area contributed by atoms with Crippen LogP contribution in [0.4, 0.5) is 23.3 Å². The fourth-order valence-corrected chi connectivity index (χ4v) is 14.4. The van der Waals surface area contributed by atoms with Gasteiger partial charge in [0.15, 0.2) is 0 Å². The Bertz CT molecular complexity index is 5130. The maximum atomic E-state index is 6.09. The summed E-state index contributed by atoms with van der Waals surface area (Å²) in [5.74, 6) is 7.47. The van der Waals surface area contributed by atoms with Crippen LogP contribution in [0.2, 0.25) is 27.3 Å². The van der Waals surface area contributed by atoms with Crippen molar-refractivity contribution in [1.82, 2.24) is 19.9 Å². The summed E-state index contributed by atoms with van der Waals surface area (Å²) < 4.78 is 32.7.